The molecule has 1 fully saturated rings. The molecule has 0 bridgehead atoms. The van der Waals surface area contributed by atoms with Crippen molar-refractivity contribution in [2.45, 2.75) is 65.6 Å². The molecule has 0 N–H and O–H groups in total. The molecule has 2 aliphatic rings. The Hall–Kier alpha value is -1.90. The molecule has 2 aromatic rings. The maximum Gasteiger partial charge on any atom is 0.231 e. The fraction of sp³-hybridized carbons (Fsp3) is 0.696. The molecule has 178 valence electrons. The van der Waals surface area contributed by atoms with E-state index in [-0.39, 0.29) is 24.0 Å². The molecule has 2 aliphatic heterocycles. The fourth-order valence-corrected chi connectivity index (χ4v) is 4.38. The minimum Gasteiger partial charge on any atom is -0.454 e. The smallest absolute Gasteiger partial charge is 0.231 e. The average Bonchev–Trinajstić information content (AvgIpc) is 3.42. The van der Waals surface area contributed by atoms with E-state index in [2.05, 4.69) is 76.8 Å². The number of aromatic nitrogens is 4. The van der Waals surface area contributed by atoms with Crippen molar-refractivity contribution in [1.82, 2.24) is 30.0 Å². The average molecular weight is 465 g/mol. The molecule has 1 aromatic carbocycles. The van der Waals surface area contributed by atoms with Crippen molar-refractivity contribution in [2.24, 2.45) is 5.92 Å². The van der Waals surface area contributed by atoms with Crippen LogP contribution in [-0.4, -0.2) is 63.0 Å². The number of halogens is 1. The van der Waals surface area contributed by atoms with E-state index in [1.165, 1.54) is 5.56 Å². The lowest BCUT2D eigenvalue weighted by Gasteiger charge is -2.40. The zero-order valence-electron chi connectivity index (χ0n) is 20.0. The van der Waals surface area contributed by atoms with Crippen LogP contribution in [0.15, 0.2) is 18.2 Å². The lowest BCUT2D eigenvalue weighted by atomic mass is 9.98. The van der Waals surface area contributed by atoms with Crippen LogP contribution in [0.3, 0.4) is 0 Å². The molecule has 0 amide bonds. The second kappa shape index (κ2) is 10.4. The zero-order chi connectivity index (χ0) is 22.0. The highest BCUT2D eigenvalue weighted by molar-refractivity contribution is 5.85. The van der Waals surface area contributed by atoms with Crippen molar-refractivity contribution in [2.75, 3.05) is 33.0 Å². The molecule has 1 unspecified atom stereocenters. The van der Waals surface area contributed by atoms with Gasteiger partial charge in [-0.05, 0) is 60.7 Å². The first-order valence-corrected chi connectivity index (χ1v) is 11.5. The third-order valence-corrected chi connectivity index (χ3v) is 6.62. The van der Waals surface area contributed by atoms with Gasteiger partial charge >= 0.3 is 0 Å². The molecule has 1 saturated heterocycles. The Kier molecular flexibility index (Phi) is 8.01. The number of ether oxygens (including phenoxy) is 2. The SMILES string of the molecule is CCC(C)(C)n1nnnc1C(CC(C)C)N1CCN(Cc2ccc3c(c2)OCO3)CC1.Cl. The first kappa shape index (κ1) is 24.7. The quantitative estimate of drug-likeness (QED) is 0.587. The number of hydrogen-bond acceptors (Lipinski definition) is 7. The van der Waals surface area contributed by atoms with Crippen molar-refractivity contribution in [3.05, 3.63) is 29.6 Å². The molecular formula is C23H37ClN6O2. The molecule has 0 spiro atoms. The molecule has 32 heavy (non-hydrogen) atoms. The molecule has 3 heterocycles. The van der Waals surface area contributed by atoms with Crippen LogP contribution < -0.4 is 9.47 Å². The van der Waals surface area contributed by atoms with Crippen LogP contribution >= 0.6 is 12.4 Å². The van der Waals surface area contributed by atoms with Crippen LogP contribution in [0.1, 0.15) is 64.9 Å². The van der Waals surface area contributed by atoms with Gasteiger partial charge in [-0.2, -0.15) is 0 Å². The summed E-state index contributed by atoms with van der Waals surface area (Å²) >= 11 is 0. The molecule has 0 saturated carbocycles. The minimum absolute atomic E-state index is 0. The maximum atomic E-state index is 5.53. The standard InChI is InChI=1S/C23H36N6O2.ClH/c1-6-23(4,5)29-22(24-25-26-29)19(13-17(2)3)28-11-9-27(10-12-28)15-18-7-8-20-21(14-18)31-16-30-20;/h7-8,14,17,19H,6,9-13,15-16H2,1-5H3;1H. The predicted octanol–water partition coefficient (Wildman–Crippen LogP) is 3.87. The van der Waals surface area contributed by atoms with E-state index in [9.17, 15) is 0 Å². The Morgan fingerprint density at radius 1 is 1.06 bits per heavy atom. The number of tetrazole rings is 1. The fourth-order valence-electron chi connectivity index (χ4n) is 4.38. The number of piperazine rings is 1. The minimum atomic E-state index is -0.0881. The molecule has 9 heteroatoms. The zero-order valence-corrected chi connectivity index (χ0v) is 20.8. The van der Waals surface area contributed by atoms with E-state index in [4.69, 9.17) is 9.47 Å². The van der Waals surface area contributed by atoms with Crippen LogP contribution in [0.5, 0.6) is 11.5 Å². The molecule has 0 aliphatic carbocycles. The van der Waals surface area contributed by atoms with Crippen molar-refractivity contribution >= 4 is 12.4 Å². The van der Waals surface area contributed by atoms with E-state index < -0.39 is 0 Å². The molecule has 4 rings (SSSR count). The highest BCUT2D eigenvalue weighted by Gasteiger charge is 2.33. The normalized spacial score (nSPS) is 18.1. The maximum absolute atomic E-state index is 5.53. The summed E-state index contributed by atoms with van der Waals surface area (Å²) in [7, 11) is 0. The summed E-state index contributed by atoms with van der Waals surface area (Å²) < 4.78 is 13.0. The summed E-state index contributed by atoms with van der Waals surface area (Å²) in [6, 6.07) is 6.51. The lowest BCUT2D eigenvalue weighted by molar-refractivity contribution is 0.0737. The number of benzene rings is 1. The van der Waals surface area contributed by atoms with Crippen molar-refractivity contribution in [1.29, 1.82) is 0 Å². The summed E-state index contributed by atoms with van der Waals surface area (Å²) in [5.41, 5.74) is 1.18. The topological polar surface area (TPSA) is 68.5 Å². The van der Waals surface area contributed by atoms with Gasteiger partial charge in [0, 0.05) is 32.7 Å². The van der Waals surface area contributed by atoms with E-state index in [0.29, 0.717) is 12.7 Å². The third-order valence-electron chi connectivity index (χ3n) is 6.62. The second-order valence-electron chi connectivity index (χ2n) is 9.76. The predicted molar refractivity (Wildman–Crippen MR) is 126 cm³/mol. The van der Waals surface area contributed by atoms with Gasteiger partial charge in [-0.25, -0.2) is 4.68 Å². The Bertz CT molecular complexity index is 879. The van der Waals surface area contributed by atoms with Gasteiger partial charge < -0.3 is 9.47 Å². The third kappa shape index (κ3) is 5.35. The Morgan fingerprint density at radius 3 is 2.47 bits per heavy atom. The van der Waals surface area contributed by atoms with Crippen molar-refractivity contribution in [3.63, 3.8) is 0 Å². The largest absolute Gasteiger partial charge is 0.454 e. The molecule has 0 radical (unpaired) electrons. The van der Waals surface area contributed by atoms with Gasteiger partial charge in [-0.1, -0.05) is 26.8 Å². The monoisotopic (exact) mass is 464 g/mol. The van der Waals surface area contributed by atoms with Crippen molar-refractivity contribution in [3.8, 4) is 11.5 Å². The molecule has 1 atom stereocenters. The number of rotatable bonds is 8. The Labute approximate surface area is 197 Å². The first-order valence-electron chi connectivity index (χ1n) is 11.5. The number of fused-ring (bicyclic) bond motifs is 1. The lowest BCUT2D eigenvalue weighted by Crippen LogP contribution is -2.48. The van der Waals surface area contributed by atoms with Crippen LogP contribution in [0.2, 0.25) is 0 Å². The highest BCUT2D eigenvalue weighted by atomic mass is 35.5. The molecule has 8 nitrogen and oxygen atoms in total. The summed E-state index contributed by atoms with van der Waals surface area (Å²) in [5, 5.41) is 12.9. The van der Waals surface area contributed by atoms with E-state index in [1.807, 2.05) is 6.07 Å². The van der Waals surface area contributed by atoms with Crippen LogP contribution in [0.25, 0.3) is 0 Å². The number of hydrogen-bond donors (Lipinski definition) is 0. The van der Waals surface area contributed by atoms with Crippen LogP contribution in [-0.2, 0) is 12.1 Å². The van der Waals surface area contributed by atoms with Gasteiger partial charge in [-0.3, -0.25) is 9.80 Å². The summed E-state index contributed by atoms with van der Waals surface area (Å²) in [6.07, 6.45) is 2.05. The van der Waals surface area contributed by atoms with Gasteiger partial charge in [0.2, 0.25) is 6.79 Å². The van der Waals surface area contributed by atoms with Gasteiger partial charge in [0.1, 0.15) is 0 Å². The van der Waals surface area contributed by atoms with Gasteiger partial charge in [0.25, 0.3) is 0 Å². The molecular weight excluding hydrogens is 428 g/mol. The van der Waals surface area contributed by atoms with Crippen molar-refractivity contribution < 1.29 is 9.47 Å². The summed E-state index contributed by atoms with van der Waals surface area (Å²) in [4.78, 5) is 5.09. The number of nitrogens with zero attached hydrogens (tertiary/aromatic N) is 6. The Morgan fingerprint density at radius 2 is 1.78 bits per heavy atom. The van der Waals surface area contributed by atoms with E-state index in [0.717, 1.165) is 62.9 Å². The van der Waals surface area contributed by atoms with E-state index in [1.54, 1.807) is 0 Å². The van der Waals surface area contributed by atoms with Crippen LogP contribution in [0, 0.1) is 5.92 Å². The first-order chi connectivity index (χ1) is 14.9. The van der Waals surface area contributed by atoms with Gasteiger partial charge in [0.05, 0.1) is 11.6 Å². The summed E-state index contributed by atoms with van der Waals surface area (Å²) in [6.45, 7) is 16.5. The summed E-state index contributed by atoms with van der Waals surface area (Å²) in [5.74, 6) is 3.28. The molecule has 1 aromatic heterocycles. The highest BCUT2D eigenvalue weighted by Crippen LogP contribution is 2.34. The Balaban J connectivity index is 0.00000289. The second-order valence-corrected chi connectivity index (χ2v) is 9.76. The van der Waals surface area contributed by atoms with Crippen LogP contribution in [0.4, 0.5) is 0 Å². The van der Waals surface area contributed by atoms with Gasteiger partial charge in [0.15, 0.2) is 17.3 Å². The van der Waals surface area contributed by atoms with E-state index >= 15 is 0 Å². The van der Waals surface area contributed by atoms with Gasteiger partial charge in [-0.15, -0.1) is 17.5 Å².